The van der Waals surface area contributed by atoms with Crippen LogP contribution in [0.5, 0.6) is 0 Å². The van der Waals surface area contributed by atoms with Gasteiger partial charge < -0.3 is 25.5 Å². The van der Waals surface area contributed by atoms with Crippen LogP contribution in [0.1, 0.15) is 37.3 Å². The molecule has 1 fully saturated rings. The second kappa shape index (κ2) is 11.7. The van der Waals surface area contributed by atoms with Crippen LogP contribution >= 0.6 is 0 Å². The van der Waals surface area contributed by atoms with Gasteiger partial charge in [-0.25, -0.2) is 19.0 Å². The predicted octanol–water partition coefficient (Wildman–Crippen LogP) is 4.30. The van der Waals surface area contributed by atoms with E-state index in [1.165, 1.54) is 12.4 Å². The molecule has 4 N–H and O–H groups in total. The van der Waals surface area contributed by atoms with Crippen LogP contribution in [0.15, 0.2) is 61.1 Å². The Morgan fingerprint density at radius 3 is 2.73 bits per heavy atom. The molecule has 0 spiro atoms. The largest absolute Gasteiger partial charge is 0.394 e. The molecule has 5 aromatic rings. The SMILES string of the molecule is Nc1ncnc2c1c(-c1ccc3c(ccn3Cc3ccccc3F)c1)nn2[C@H]1CC[C@@H](NCCOCCO)CC1. The van der Waals surface area contributed by atoms with Gasteiger partial charge in [0.05, 0.1) is 37.8 Å². The zero-order valence-corrected chi connectivity index (χ0v) is 22.3. The molecule has 40 heavy (non-hydrogen) atoms. The maximum atomic E-state index is 14.3. The summed E-state index contributed by atoms with van der Waals surface area (Å²) in [6, 6.07) is 15.8. The van der Waals surface area contributed by atoms with E-state index < -0.39 is 0 Å². The van der Waals surface area contributed by atoms with Gasteiger partial charge in [0, 0.05) is 40.8 Å². The van der Waals surface area contributed by atoms with Gasteiger partial charge in [-0.15, -0.1) is 0 Å². The molecule has 208 valence electrons. The topological polar surface area (TPSA) is 116 Å². The molecule has 9 nitrogen and oxygen atoms in total. The first-order valence-corrected chi connectivity index (χ1v) is 13.9. The Hall–Kier alpha value is -3.86. The molecular weight excluding hydrogens is 509 g/mol. The Morgan fingerprint density at radius 1 is 1.05 bits per heavy atom. The molecule has 0 atom stereocenters. The molecule has 0 amide bonds. The Kier molecular flexibility index (Phi) is 7.72. The summed E-state index contributed by atoms with van der Waals surface area (Å²) in [5, 5.41) is 19.3. The molecule has 6 rings (SSSR count). The van der Waals surface area contributed by atoms with Crippen LogP contribution in [-0.2, 0) is 11.3 Å². The van der Waals surface area contributed by atoms with Gasteiger partial charge in [-0.3, -0.25) is 0 Å². The van der Waals surface area contributed by atoms with Crippen molar-refractivity contribution in [2.24, 2.45) is 0 Å². The quantitative estimate of drug-likeness (QED) is 0.225. The van der Waals surface area contributed by atoms with Crippen LogP contribution in [0, 0.1) is 5.82 Å². The highest BCUT2D eigenvalue weighted by molar-refractivity contribution is 6.00. The summed E-state index contributed by atoms with van der Waals surface area (Å²) in [7, 11) is 0. The van der Waals surface area contributed by atoms with Crippen LogP contribution in [0.2, 0.25) is 0 Å². The highest BCUT2D eigenvalue weighted by atomic mass is 19.1. The number of halogens is 1. The van der Waals surface area contributed by atoms with Crippen molar-refractivity contribution in [1.29, 1.82) is 0 Å². The number of anilines is 1. The Bertz CT molecular complexity index is 1610. The van der Waals surface area contributed by atoms with Gasteiger partial charge in [-0.1, -0.05) is 24.3 Å². The van der Waals surface area contributed by atoms with E-state index in [9.17, 15) is 4.39 Å². The van der Waals surface area contributed by atoms with E-state index in [1.807, 2.05) is 35.1 Å². The van der Waals surface area contributed by atoms with Crippen molar-refractivity contribution in [3.8, 4) is 11.3 Å². The molecule has 1 aliphatic rings. The fourth-order valence-corrected chi connectivity index (χ4v) is 5.77. The lowest BCUT2D eigenvalue weighted by atomic mass is 9.91. The summed E-state index contributed by atoms with van der Waals surface area (Å²) in [4.78, 5) is 8.88. The maximum Gasteiger partial charge on any atom is 0.164 e. The van der Waals surface area contributed by atoms with Crippen LogP contribution < -0.4 is 11.1 Å². The van der Waals surface area contributed by atoms with E-state index >= 15 is 0 Å². The zero-order valence-electron chi connectivity index (χ0n) is 22.3. The van der Waals surface area contributed by atoms with E-state index in [-0.39, 0.29) is 18.5 Å². The molecular formula is C30H34FN7O2. The summed E-state index contributed by atoms with van der Waals surface area (Å²) in [6.45, 7) is 2.26. The molecule has 0 unspecified atom stereocenters. The third-order valence-electron chi connectivity index (χ3n) is 7.82. The minimum atomic E-state index is -0.203. The van der Waals surface area contributed by atoms with Crippen molar-refractivity contribution < 1.29 is 14.2 Å². The molecule has 10 heteroatoms. The third kappa shape index (κ3) is 5.30. The van der Waals surface area contributed by atoms with Gasteiger partial charge in [0.1, 0.15) is 23.7 Å². The lowest BCUT2D eigenvalue weighted by molar-refractivity contribution is 0.0913. The number of fused-ring (bicyclic) bond motifs is 2. The smallest absolute Gasteiger partial charge is 0.164 e. The Morgan fingerprint density at radius 2 is 1.90 bits per heavy atom. The van der Waals surface area contributed by atoms with Crippen LogP contribution in [0.25, 0.3) is 33.2 Å². The van der Waals surface area contributed by atoms with Crippen molar-refractivity contribution in [3.63, 3.8) is 0 Å². The summed E-state index contributed by atoms with van der Waals surface area (Å²) >= 11 is 0. The number of hydrogen-bond donors (Lipinski definition) is 3. The minimum Gasteiger partial charge on any atom is -0.394 e. The lowest BCUT2D eigenvalue weighted by Gasteiger charge is -2.29. The van der Waals surface area contributed by atoms with Crippen LogP contribution in [-0.4, -0.2) is 61.8 Å². The highest BCUT2D eigenvalue weighted by Crippen LogP contribution is 2.37. The maximum absolute atomic E-state index is 14.3. The van der Waals surface area contributed by atoms with Gasteiger partial charge in [0.2, 0.25) is 0 Å². The number of benzene rings is 2. The fraction of sp³-hybridized carbons (Fsp3) is 0.367. The molecule has 3 aromatic heterocycles. The molecule has 1 saturated carbocycles. The molecule has 0 aliphatic heterocycles. The van der Waals surface area contributed by atoms with Gasteiger partial charge in [0.25, 0.3) is 0 Å². The number of aliphatic hydroxyl groups excluding tert-OH is 1. The summed E-state index contributed by atoms with van der Waals surface area (Å²) < 4.78 is 23.7. The number of ether oxygens (including phenoxy) is 1. The number of hydrogen-bond acceptors (Lipinski definition) is 7. The van der Waals surface area contributed by atoms with Crippen molar-refractivity contribution in [2.75, 3.05) is 32.1 Å². The second-order valence-corrected chi connectivity index (χ2v) is 10.4. The average molecular weight is 544 g/mol. The monoisotopic (exact) mass is 543 g/mol. The van der Waals surface area contributed by atoms with E-state index in [1.54, 1.807) is 6.07 Å². The number of nitrogen functional groups attached to an aromatic ring is 1. The van der Waals surface area contributed by atoms with Crippen molar-refractivity contribution in [1.82, 2.24) is 29.6 Å². The lowest BCUT2D eigenvalue weighted by Crippen LogP contribution is -2.36. The number of rotatable bonds is 10. The average Bonchev–Trinajstić information content (AvgIpc) is 3.57. The van der Waals surface area contributed by atoms with Crippen molar-refractivity contribution in [3.05, 3.63) is 72.4 Å². The summed E-state index contributed by atoms with van der Waals surface area (Å²) in [6.07, 6.45) is 7.51. The highest BCUT2D eigenvalue weighted by Gasteiger charge is 2.27. The molecule has 0 bridgehead atoms. The molecule has 0 saturated heterocycles. The molecule has 2 aromatic carbocycles. The second-order valence-electron chi connectivity index (χ2n) is 10.4. The number of nitrogens with zero attached hydrogens (tertiary/aromatic N) is 5. The standard InChI is InChI=1S/C30H34FN7O2/c31-25-4-2-1-3-22(25)18-37-13-11-20-17-21(5-10-26(20)37)28-27-29(32)34-19-35-30(27)38(36-28)24-8-6-23(7-9-24)33-12-15-40-16-14-39/h1-5,10-11,13,17,19,23-24,33,39H,6-9,12,14-16,18H2,(H2,32,34,35)/t23-,24+. The zero-order chi connectivity index (χ0) is 27.5. The van der Waals surface area contributed by atoms with E-state index in [0.717, 1.165) is 65.4 Å². The van der Waals surface area contributed by atoms with Gasteiger partial charge in [-0.2, -0.15) is 5.10 Å². The van der Waals surface area contributed by atoms with Crippen molar-refractivity contribution in [2.45, 2.75) is 44.3 Å². The predicted molar refractivity (Wildman–Crippen MR) is 153 cm³/mol. The Labute approximate surface area is 231 Å². The summed E-state index contributed by atoms with van der Waals surface area (Å²) in [5.41, 5.74) is 10.5. The summed E-state index contributed by atoms with van der Waals surface area (Å²) in [5.74, 6) is 0.215. The first kappa shape index (κ1) is 26.4. The van der Waals surface area contributed by atoms with Gasteiger partial charge >= 0.3 is 0 Å². The first-order valence-electron chi connectivity index (χ1n) is 13.9. The number of nitrogens with one attached hydrogen (secondary N) is 1. The van der Waals surface area contributed by atoms with Gasteiger partial charge in [-0.05, 0) is 49.9 Å². The first-order chi connectivity index (χ1) is 19.6. The number of aliphatic hydroxyl groups is 1. The fourth-order valence-electron chi connectivity index (χ4n) is 5.77. The van der Waals surface area contributed by atoms with Crippen molar-refractivity contribution >= 4 is 27.8 Å². The molecule has 1 aliphatic carbocycles. The third-order valence-corrected chi connectivity index (χ3v) is 7.82. The Balaban J connectivity index is 1.24. The molecule has 0 radical (unpaired) electrons. The van der Waals surface area contributed by atoms with E-state index in [2.05, 4.69) is 32.0 Å². The minimum absolute atomic E-state index is 0.0507. The van der Waals surface area contributed by atoms with E-state index in [0.29, 0.717) is 37.2 Å². The molecule has 3 heterocycles. The van der Waals surface area contributed by atoms with Crippen LogP contribution in [0.4, 0.5) is 10.2 Å². The normalized spacial score (nSPS) is 17.6. The van der Waals surface area contributed by atoms with Gasteiger partial charge in [0.15, 0.2) is 5.65 Å². The number of aromatic nitrogens is 5. The van der Waals surface area contributed by atoms with E-state index in [4.69, 9.17) is 20.7 Å². The number of nitrogens with two attached hydrogens (primary N) is 1. The van der Waals surface area contributed by atoms with Crippen LogP contribution in [0.3, 0.4) is 0 Å².